The van der Waals surface area contributed by atoms with Crippen LogP contribution in [0.4, 0.5) is 0 Å². The molecule has 1 unspecified atom stereocenters. The normalized spacial score (nSPS) is 17.5. The number of carbonyl (C=O) groups is 2. The fraction of sp³-hybridized carbons (Fsp3) is 0.467. The molecule has 5 nitrogen and oxygen atoms in total. The summed E-state index contributed by atoms with van der Waals surface area (Å²) in [6, 6.07) is 5.95. The summed E-state index contributed by atoms with van der Waals surface area (Å²) in [5, 5.41) is 15.5. The molecule has 1 aromatic carbocycles. The first-order chi connectivity index (χ1) is 9.91. The van der Waals surface area contributed by atoms with E-state index in [1.807, 2.05) is 0 Å². The molecule has 2 rings (SSSR count). The van der Waals surface area contributed by atoms with Gasteiger partial charge in [0.05, 0.1) is 16.2 Å². The van der Waals surface area contributed by atoms with E-state index in [-0.39, 0.29) is 12.5 Å². The summed E-state index contributed by atoms with van der Waals surface area (Å²) in [6.07, 6.45) is 2.38. The van der Waals surface area contributed by atoms with Crippen LogP contribution in [0.1, 0.15) is 36.5 Å². The first-order valence-corrected chi connectivity index (χ1v) is 7.35. The summed E-state index contributed by atoms with van der Waals surface area (Å²) in [5.41, 5.74) is -0.446. The molecule has 1 saturated carbocycles. The molecule has 1 atom stereocenters. The van der Waals surface area contributed by atoms with Gasteiger partial charge in [0.15, 0.2) is 0 Å². The molecule has 0 aliphatic heterocycles. The second-order valence-corrected chi connectivity index (χ2v) is 5.88. The van der Waals surface area contributed by atoms with Crippen molar-refractivity contribution in [2.45, 2.75) is 37.8 Å². The van der Waals surface area contributed by atoms with E-state index < -0.39 is 17.6 Å². The van der Waals surface area contributed by atoms with Gasteiger partial charge in [-0.3, -0.25) is 9.59 Å². The second kappa shape index (κ2) is 6.45. The predicted molar refractivity (Wildman–Crippen MR) is 80.2 cm³/mol. The minimum Gasteiger partial charge on any atom is -0.388 e. The standard InChI is InChI=1S/C15H19ClN2O3/c1-10(13(19)17-9-15(21)7-4-8-15)18-14(20)11-5-2-3-6-12(11)16/h2-3,5-6,10,21H,4,7-9H2,1H3,(H,17,19)(H,18,20). The smallest absolute Gasteiger partial charge is 0.253 e. The zero-order chi connectivity index (χ0) is 15.5. The van der Waals surface area contributed by atoms with Gasteiger partial charge in [-0.2, -0.15) is 0 Å². The summed E-state index contributed by atoms with van der Waals surface area (Å²) in [4.78, 5) is 23.9. The first-order valence-electron chi connectivity index (χ1n) is 6.97. The number of benzene rings is 1. The molecule has 0 radical (unpaired) electrons. The summed E-state index contributed by atoms with van der Waals surface area (Å²) < 4.78 is 0. The second-order valence-electron chi connectivity index (χ2n) is 5.47. The van der Waals surface area contributed by atoms with Crippen LogP contribution in [0.2, 0.25) is 5.02 Å². The third-order valence-electron chi connectivity index (χ3n) is 3.74. The number of halogens is 1. The van der Waals surface area contributed by atoms with E-state index in [1.165, 1.54) is 0 Å². The Morgan fingerprint density at radius 2 is 2.05 bits per heavy atom. The molecule has 0 saturated heterocycles. The van der Waals surface area contributed by atoms with E-state index in [0.29, 0.717) is 23.4 Å². The van der Waals surface area contributed by atoms with Gasteiger partial charge in [0.25, 0.3) is 5.91 Å². The molecule has 0 spiro atoms. The lowest BCUT2D eigenvalue weighted by atomic mass is 9.80. The van der Waals surface area contributed by atoms with Crippen molar-refractivity contribution < 1.29 is 14.7 Å². The van der Waals surface area contributed by atoms with Crippen LogP contribution >= 0.6 is 11.6 Å². The molecule has 0 bridgehead atoms. The third kappa shape index (κ3) is 3.95. The van der Waals surface area contributed by atoms with Crippen molar-refractivity contribution >= 4 is 23.4 Å². The number of amides is 2. The van der Waals surface area contributed by atoms with Crippen LogP contribution in [0.3, 0.4) is 0 Å². The van der Waals surface area contributed by atoms with Crippen LogP contribution < -0.4 is 10.6 Å². The topological polar surface area (TPSA) is 78.4 Å². The van der Waals surface area contributed by atoms with Gasteiger partial charge < -0.3 is 15.7 Å². The van der Waals surface area contributed by atoms with Crippen molar-refractivity contribution in [2.75, 3.05) is 6.54 Å². The highest BCUT2D eigenvalue weighted by molar-refractivity contribution is 6.33. The van der Waals surface area contributed by atoms with Crippen LogP contribution in [0.25, 0.3) is 0 Å². The van der Waals surface area contributed by atoms with Gasteiger partial charge >= 0.3 is 0 Å². The highest BCUT2D eigenvalue weighted by atomic mass is 35.5. The van der Waals surface area contributed by atoms with Gasteiger partial charge in [-0.1, -0.05) is 23.7 Å². The average molecular weight is 311 g/mol. The van der Waals surface area contributed by atoms with Crippen LogP contribution in [-0.2, 0) is 4.79 Å². The number of hydrogen-bond donors (Lipinski definition) is 3. The monoisotopic (exact) mass is 310 g/mol. The molecule has 114 valence electrons. The number of carbonyl (C=O) groups excluding carboxylic acids is 2. The van der Waals surface area contributed by atoms with Gasteiger partial charge in [0, 0.05) is 6.54 Å². The Kier molecular flexibility index (Phi) is 4.85. The van der Waals surface area contributed by atoms with Crippen molar-refractivity contribution in [1.29, 1.82) is 0 Å². The summed E-state index contributed by atoms with van der Waals surface area (Å²) >= 11 is 5.94. The molecule has 21 heavy (non-hydrogen) atoms. The van der Waals surface area contributed by atoms with Crippen LogP contribution in [0, 0.1) is 0 Å². The Hall–Kier alpha value is -1.59. The maximum Gasteiger partial charge on any atom is 0.253 e. The molecule has 3 N–H and O–H groups in total. The Bertz CT molecular complexity index is 543. The van der Waals surface area contributed by atoms with E-state index in [2.05, 4.69) is 10.6 Å². The molecule has 6 heteroatoms. The molecule has 1 aliphatic rings. The van der Waals surface area contributed by atoms with Crippen LogP contribution in [0.5, 0.6) is 0 Å². The van der Waals surface area contributed by atoms with Crippen molar-refractivity contribution in [2.24, 2.45) is 0 Å². The summed E-state index contributed by atoms with van der Waals surface area (Å²) in [5.74, 6) is -0.721. The van der Waals surface area contributed by atoms with Gasteiger partial charge in [0.2, 0.25) is 5.91 Å². The maximum atomic E-state index is 12.0. The maximum absolute atomic E-state index is 12.0. The molecular weight excluding hydrogens is 292 g/mol. The molecule has 1 fully saturated rings. The van der Waals surface area contributed by atoms with Crippen molar-refractivity contribution in [3.63, 3.8) is 0 Å². The average Bonchev–Trinajstić information content (AvgIpc) is 2.42. The largest absolute Gasteiger partial charge is 0.388 e. The number of hydrogen-bond acceptors (Lipinski definition) is 3. The zero-order valence-electron chi connectivity index (χ0n) is 11.9. The fourth-order valence-corrected chi connectivity index (χ4v) is 2.37. The lowest BCUT2D eigenvalue weighted by molar-refractivity contribution is -0.125. The fourth-order valence-electron chi connectivity index (χ4n) is 2.15. The van der Waals surface area contributed by atoms with Gasteiger partial charge in [-0.05, 0) is 38.3 Å². The quantitative estimate of drug-likeness (QED) is 0.771. The van der Waals surface area contributed by atoms with E-state index in [9.17, 15) is 14.7 Å². The summed E-state index contributed by atoms with van der Waals surface area (Å²) in [7, 11) is 0. The molecule has 1 aliphatic carbocycles. The number of nitrogens with one attached hydrogen (secondary N) is 2. The van der Waals surface area contributed by atoms with Crippen LogP contribution in [0.15, 0.2) is 24.3 Å². The predicted octanol–water partition coefficient (Wildman–Crippen LogP) is 1.49. The van der Waals surface area contributed by atoms with Crippen molar-refractivity contribution in [3.05, 3.63) is 34.9 Å². The van der Waals surface area contributed by atoms with Crippen molar-refractivity contribution in [3.8, 4) is 0 Å². The highest BCUT2D eigenvalue weighted by Gasteiger charge is 2.34. The molecular formula is C15H19ClN2O3. The third-order valence-corrected chi connectivity index (χ3v) is 4.06. The lowest BCUT2D eigenvalue weighted by Crippen LogP contribution is -2.52. The van der Waals surface area contributed by atoms with Crippen molar-refractivity contribution in [1.82, 2.24) is 10.6 Å². The Balaban J connectivity index is 1.85. The Labute approximate surface area is 128 Å². The highest BCUT2D eigenvalue weighted by Crippen LogP contribution is 2.30. The van der Waals surface area contributed by atoms with E-state index in [1.54, 1.807) is 31.2 Å². The molecule has 1 aromatic rings. The van der Waals surface area contributed by atoms with Crippen LogP contribution in [-0.4, -0.2) is 35.1 Å². The van der Waals surface area contributed by atoms with E-state index in [4.69, 9.17) is 11.6 Å². The summed E-state index contributed by atoms with van der Waals surface area (Å²) in [6.45, 7) is 1.81. The minimum atomic E-state index is -0.776. The van der Waals surface area contributed by atoms with Gasteiger partial charge in [-0.15, -0.1) is 0 Å². The zero-order valence-corrected chi connectivity index (χ0v) is 12.6. The first kappa shape index (κ1) is 15.8. The Morgan fingerprint density at radius 3 is 2.62 bits per heavy atom. The molecule has 2 amide bonds. The van der Waals surface area contributed by atoms with Gasteiger partial charge in [-0.25, -0.2) is 0 Å². The minimum absolute atomic E-state index is 0.220. The number of rotatable bonds is 5. The van der Waals surface area contributed by atoms with Gasteiger partial charge in [0.1, 0.15) is 6.04 Å². The lowest BCUT2D eigenvalue weighted by Gasteiger charge is -2.36. The van der Waals surface area contributed by atoms with E-state index >= 15 is 0 Å². The number of aliphatic hydroxyl groups is 1. The van der Waals surface area contributed by atoms with E-state index in [0.717, 1.165) is 6.42 Å². The molecule has 0 aromatic heterocycles. The SMILES string of the molecule is CC(NC(=O)c1ccccc1Cl)C(=O)NCC1(O)CCC1. The molecule has 0 heterocycles. The Morgan fingerprint density at radius 1 is 1.38 bits per heavy atom.